The van der Waals surface area contributed by atoms with Crippen LogP contribution < -0.4 is 0 Å². The van der Waals surface area contributed by atoms with Gasteiger partial charge < -0.3 is 0 Å². The molecule has 0 saturated carbocycles. The van der Waals surface area contributed by atoms with Crippen molar-refractivity contribution in [3.8, 4) is 0 Å². The van der Waals surface area contributed by atoms with Crippen molar-refractivity contribution in [1.82, 2.24) is 0 Å². The van der Waals surface area contributed by atoms with Crippen molar-refractivity contribution >= 4 is 24.0 Å². The van der Waals surface area contributed by atoms with Crippen LogP contribution in [0.4, 0.5) is 0 Å². The molecule has 50 valence electrons. The second-order valence-electron chi connectivity index (χ2n) is 1.98. The van der Waals surface area contributed by atoms with Crippen LogP contribution in [0.3, 0.4) is 0 Å². The molecular formula is C7H10S2. The van der Waals surface area contributed by atoms with Gasteiger partial charge in [-0.2, -0.15) is 24.0 Å². The lowest BCUT2D eigenvalue weighted by atomic mass is 10.2. The summed E-state index contributed by atoms with van der Waals surface area (Å²) in [5, 5.41) is 4.69. The lowest BCUT2D eigenvalue weighted by Crippen LogP contribution is -1.82. The van der Waals surface area contributed by atoms with Gasteiger partial charge in [-0.3, -0.25) is 0 Å². The van der Waals surface area contributed by atoms with Gasteiger partial charge in [-0.15, -0.1) is 0 Å². The van der Waals surface area contributed by atoms with Gasteiger partial charge >= 0.3 is 0 Å². The van der Waals surface area contributed by atoms with E-state index in [1.54, 1.807) is 11.3 Å². The topological polar surface area (TPSA) is 0 Å². The first kappa shape index (κ1) is 7.16. The fourth-order valence-electron chi connectivity index (χ4n) is 0.700. The zero-order valence-corrected chi connectivity index (χ0v) is 7.08. The molecule has 0 fully saturated rings. The van der Waals surface area contributed by atoms with Crippen molar-refractivity contribution in [1.29, 1.82) is 0 Å². The van der Waals surface area contributed by atoms with Crippen molar-refractivity contribution < 1.29 is 0 Å². The Morgan fingerprint density at radius 2 is 2.56 bits per heavy atom. The summed E-state index contributed by atoms with van der Waals surface area (Å²) in [5.41, 5.74) is 1.35. The van der Waals surface area contributed by atoms with E-state index in [9.17, 15) is 0 Å². The maximum absolute atomic E-state index is 4.39. The highest BCUT2D eigenvalue weighted by Gasteiger charge is 2.01. The van der Waals surface area contributed by atoms with Gasteiger partial charge in [-0.25, -0.2) is 0 Å². The molecule has 1 atom stereocenters. The van der Waals surface area contributed by atoms with E-state index in [1.807, 2.05) is 0 Å². The normalized spacial score (nSPS) is 13.6. The molecule has 0 N–H and O–H groups in total. The van der Waals surface area contributed by atoms with Crippen LogP contribution in [0.15, 0.2) is 16.8 Å². The Labute approximate surface area is 65.3 Å². The predicted octanol–water partition coefficient (Wildman–Crippen LogP) is 3.13. The Bertz CT molecular complexity index is 155. The van der Waals surface area contributed by atoms with Crippen LogP contribution in [0, 0.1) is 0 Å². The van der Waals surface area contributed by atoms with Crippen LogP contribution in [0.25, 0.3) is 0 Å². The molecule has 1 aromatic rings. The minimum Gasteiger partial charge on any atom is -0.171 e. The molecule has 9 heavy (non-hydrogen) atoms. The van der Waals surface area contributed by atoms with E-state index < -0.39 is 0 Å². The van der Waals surface area contributed by atoms with Gasteiger partial charge in [-0.05, 0) is 28.8 Å². The molecule has 1 aromatic heterocycles. The number of rotatable bonds is 2. The predicted molar refractivity (Wildman–Crippen MR) is 46.3 cm³/mol. The Balaban J connectivity index is 2.65. The second kappa shape index (κ2) is 3.28. The fourth-order valence-corrected chi connectivity index (χ4v) is 1.68. The summed E-state index contributed by atoms with van der Waals surface area (Å²) in [6, 6.07) is 2.13. The highest BCUT2D eigenvalue weighted by molar-refractivity contribution is 7.80. The second-order valence-corrected chi connectivity index (χ2v) is 3.38. The van der Waals surface area contributed by atoms with E-state index in [0.29, 0.717) is 5.25 Å². The average molecular weight is 158 g/mol. The number of hydrogen-bond acceptors (Lipinski definition) is 2. The summed E-state index contributed by atoms with van der Waals surface area (Å²) in [6.07, 6.45) is 1.11. The number of hydrogen-bond donors (Lipinski definition) is 1. The maximum atomic E-state index is 4.39. The molecule has 0 saturated heterocycles. The highest BCUT2D eigenvalue weighted by Crippen LogP contribution is 2.24. The van der Waals surface area contributed by atoms with E-state index >= 15 is 0 Å². The van der Waals surface area contributed by atoms with Crippen LogP contribution in [0.1, 0.15) is 24.2 Å². The van der Waals surface area contributed by atoms with E-state index in [4.69, 9.17) is 0 Å². The van der Waals surface area contributed by atoms with Crippen molar-refractivity contribution in [2.45, 2.75) is 18.6 Å². The molecule has 1 unspecified atom stereocenters. The molecule has 0 nitrogen and oxygen atoms in total. The Morgan fingerprint density at radius 3 is 3.00 bits per heavy atom. The summed E-state index contributed by atoms with van der Waals surface area (Å²) >= 11 is 6.13. The van der Waals surface area contributed by atoms with Gasteiger partial charge in [0.2, 0.25) is 0 Å². The smallest absolute Gasteiger partial charge is 0.0272 e. The zero-order valence-electron chi connectivity index (χ0n) is 5.37. The van der Waals surface area contributed by atoms with Crippen molar-refractivity contribution in [3.05, 3.63) is 22.4 Å². The molecule has 0 spiro atoms. The lowest BCUT2D eigenvalue weighted by Gasteiger charge is -2.01. The molecule has 0 amide bonds. The zero-order chi connectivity index (χ0) is 6.69. The summed E-state index contributed by atoms with van der Waals surface area (Å²) in [4.78, 5) is 0. The maximum Gasteiger partial charge on any atom is 0.0272 e. The van der Waals surface area contributed by atoms with E-state index in [-0.39, 0.29) is 0 Å². The molecule has 0 aliphatic carbocycles. The number of thiophene rings is 1. The molecule has 0 bridgehead atoms. The average Bonchev–Trinajstić information content (AvgIpc) is 2.37. The molecule has 0 aliphatic rings. The summed E-state index contributed by atoms with van der Waals surface area (Å²) in [5.74, 6) is 0. The van der Waals surface area contributed by atoms with Gasteiger partial charge in [0.25, 0.3) is 0 Å². The highest BCUT2D eigenvalue weighted by atomic mass is 32.1. The van der Waals surface area contributed by atoms with Crippen LogP contribution in [-0.2, 0) is 0 Å². The largest absolute Gasteiger partial charge is 0.171 e. The molecule has 2 heteroatoms. The molecule has 0 aliphatic heterocycles. The molecule has 1 heterocycles. The van der Waals surface area contributed by atoms with Gasteiger partial charge in [0.1, 0.15) is 0 Å². The summed E-state index contributed by atoms with van der Waals surface area (Å²) in [7, 11) is 0. The fraction of sp³-hybridized carbons (Fsp3) is 0.429. The summed E-state index contributed by atoms with van der Waals surface area (Å²) in [6.45, 7) is 2.15. The van der Waals surface area contributed by atoms with Crippen molar-refractivity contribution in [3.63, 3.8) is 0 Å². The number of thiol groups is 1. The first-order valence-corrected chi connectivity index (χ1v) is 4.50. The van der Waals surface area contributed by atoms with Crippen LogP contribution in [-0.4, -0.2) is 0 Å². The minimum atomic E-state index is 0.441. The van der Waals surface area contributed by atoms with E-state index in [2.05, 4.69) is 36.4 Å². The van der Waals surface area contributed by atoms with Gasteiger partial charge in [-0.1, -0.05) is 6.92 Å². The third-order valence-corrected chi connectivity index (χ3v) is 2.68. The Kier molecular flexibility index (Phi) is 2.61. The van der Waals surface area contributed by atoms with Gasteiger partial charge in [0.15, 0.2) is 0 Å². The minimum absolute atomic E-state index is 0.441. The molecule has 0 radical (unpaired) electrons. The monoisotopic (exact) mass is 158 g/mol. The van der Waals surface area contributed by atoms with E-state index in [0.717, 1.165) is 6.42 Å². The molecular weight excluding hydrogens is 148 g/mol. The SMILES string of the molecule is CCC(S)c1ccsc1. The van der Waals surface area contributed by atoms with Crippen LogP contribution in [0.5, 0.6) is 0 Å². The quantitative estimate of drug-likeness (QED) is 0.628. The van der Waals surface area contributed by atoms with Crippen molar-refractivity contribution in [2.75, 3.05) is 0 Å². The van der Waals surface area contributed by atoms with Crippen LogP contribution in [0.2, 0.25) is 0 Å². The third kappa shape index (κ3) is 1.73. The lowest BCUT2D eigenvalue weighted by molar-refractivity contribution is 0.907. The van der Waals surface area contributed by atoms with Crippen molar-refractivity contribution in [2.24, 2.45) is 0 Å². The third-order valence-electron chi connectivity index (χ3n) is 1.31. The molecule has 1 rings (SSSR count). The Hall–Kier alpha value is 0.0500. The first-order chi connectivity index (χ1) is 4.34. The summed E-state index contributed by atoms with van der Waals surface area (Å²) < 4.78 is 0. The van der Waals surface area contributed by atoms with Crippen LogP contribution >= 0.6 is 24.0 Å². The van der Waals surface area contributed by atoms with Gasteiger partial charge in [0, 0.05) is 5.25 Å². The molecule has 0 aromatic carbocycles. The standard InChI is InChI=1S/C7H10S2/c1-2-7(8)6-3-4-9-5-6/h3-5,7-8H,2H2,1H3. The van der Waals surface area contributed by atoms with Gasteiger partial charge in [0.05, 0.1) is 0 Å². The first-order valence-electron chi connectivity index (χ1n) is 3.04. The van der Waals surface area contributed by atoms with E-state index in [1.165, 1.54) is 5.56 Å². The Morgan fingerprint density at radius 1 is 1.78 bits per heavy atom.